The van der Waals surface area contributed by atoms with Gasteiger partial charge in [0.05, 0.1) is 19.8 Å². The van der Waals surface area contributed by atoms with Crippen LogP contribution in [0, 0.1) is 18.8 Å². The van der Waals surface area contributed by atoms with E-state index in [0.717, 1.165) is 22.3 Å². The standard InChI is InChI=1S/C39H50N2O8Si/c1-22-24(16-17-45-7)20-28(46-8)26-18-25-19-27-32(41(5)6)34-31(37(40-48-34)47-21-23-14-12-11-13-15-23)36(44)39(27,49-50(9,10)38(2,3)4)35(43)30(25)33(42)29(22)26/h11-15,20,25,27,32,42H,16-19,21H2,1-10H3/t25-,27-,32-,39-/m0/s1. The molecule has 1 saturated carbocycles. The van der Waals surface area contributed by atoms with Gasteiger partial charge in [-0.1, -0.05) is 51.1 Å². The number of benzene rings is 2. The zero-order valence-corrected chi connectivity index (χ0v) is 31.9. The first-order chi connectivity index (χ1) is 23.6. The van der Waals surface area contributed by atoms with Gasteiger partial charge in [0.2, 0.25) is 11.6 Å². The van der Waals surface area contributed by atoms with Crippen LogP contribution in [0.3, 0.4) is 0 Å². The Morgan fingerprint density at radius 2 is 1.78 bits per heavy atom. The van der Waals surface area contributed by atoms with Crippen LogP contribution in [0.4, 0.5) is 0 Å². The quantitative estimate of drug-likeness (QED) is 0.174. The maximum Gasteiger partial charge on any atom is 0.265 e. The van der Waals surface area contributed by atoms with Gasteiger partial charge in [-0.2, -0.15) is 0 Å². The number of carbonyl (C=O) groups is 2. The highest BCUT2D eigenvalue weighted by molar-refractivity contribution is 6.74. The molecule has 0 unspecified atom stereocenters. The van der Waals surface area contributed by atoms with Crippen molar-refractivity contribution in [2.75, 3.05) is 34.9 Å². The Labute approximate surface area is 295 Å². The van der Waals surface area contributed by atoms with Gasteiger partial charge in [-0.25, -0.2) is 0 Å². The predicted octanol–water partition coefficient (Wildman–Crippen LogP) is 7.05. The van der Waals surface area contributed by atoms with Crippen molar-refractivity contribution in [3.63, 3.8) is 0 Å². The third-order valence-corrected chi connectivity index (χ3v) is 15.9. The van der Waals surface area contributed by atoms with Gasteiger partial charge >= 0.3 is 0 Å². The highest BCUT2D eigenvalue weighted by Crippen LogP contribution is 2.59. The van der Waals surface area contributed by atoms with Crippen molar-refractivity contribution in [2.45, 2.75) is 83.3 Å². The van der Waals surface area contributed by atoms with E-state index in [9.17, 15) is 5.11 Å². The minimum Gasteiger partial charge on any atom is -0.507 e. The molecule has 3 aliphatic carbocycles. The van der Waals surface area contributed by atoms with E-state index in [1.165, 1.54) is 0 Å². The number of ketones is 2. The van der Waals surface area contributed by atoms with Gasteiger partial charge in [-0.15, -0.1) is 0 Å². The molecule has 0 amide bonds. The molecule has 1 aromatic heterocycles. The van der Waals surface area contributed by atoms with Crippen LogP contribution in [0.5, 0.6) is 11.6 Å². The van der Waals surface area contributed by atoms with Crippen molar-refractivity contribution in [3.05, 3.63) is 81.1 Å². The number of aliphatic hydroxyl groups is 1. The molecular formula is C39H50N2O8Si. The molecule has 1 heterocycles. The number of hydrogen-bond acceptors (Lipinski definition) is 10. The fourth-order valence-corrected chi connectivity index (χ4v) is 9.33. The summed E-state index contributed by atoms with van der Waals surface area (Å²) in [6, 6.07) is 11.1. The van der Waals surface area contributed by atoms with Crippen molar-refractivity contribution < 1.29 is 37.9 Å². The third-order valence-electron chi connectivity index (χ3n) is 11.4. The van der Waals surface area contributed by atoms with Gasteiger partial charge < -0.3 is 28.3 Å². The van der Waals surface area contributed by atoms with Crippen LogP contribution in [0.1, 0.15) is 77.2 Å². The molecule has 0 saturated heterocycles. The van der Waals surface area contributed by atoms with Crippen LogP contribution in [0.2, 0.25) is 18.1 Å². The van der Waals surface area contributed by atoms with E-state index in [4.69, 9.17) is 23.2 Å². The molecule has 50 heavy (non-hydrogen) atoms. The first-order valence-electron chi connectivity index (χ1n) is 17.3. The second kappa shape index (κ2) is 13.1. The lowest BCUT2D eigenvalue weighted by molar-refractivity contribution is -0.140. The number of Topliss-reactive ketones (excluding diaryl/α,β-unsaturated/α-hetero) is 2. The zero-order chi connectivity index (χ0) is 36.3. The lowest BCUT2D eigenvalue weighted by Crippen LogP contribution is -2.68. The maximum atomic E-state index is 15.6. The number of ether oxygens (including phenoxy) is 3. The summed E-state index contributed by atoms with van der Waals surface area (Å²) in [5.74, 6) is -1.10. The minimum atomic E-state index is -2.84. The van der Waals surface area contributed by atoms with E-state index in [-0.39, 0.29) is 40.3 Å². The summed E-state index contributed by atoms with van der Waals surface area (Å²) >= 11 is 0. The van der Waals surface area contributed by atoms with Crippen molar-refractivity contribution in [1.29, 1.82) is 0 Å². The van der Waals surface area contributed by atoms with Crippen molar-refractivity contribution in [2.24, 2.45) is 11.8 Å². The molecular weight excluding hydrogens is 653 g/mol. The number of aliphatic hydroxyl groups excluding tert-OH is 1. The Morgan fingerprint density at radius 1 is 1.08 bits per heavy atom. The van der Waals surface area contributed by atoms with Gasteiger partial charge in [0.1, 0.15) is 23.7 Å². The molecule has 1 N–H and O–H groups in total. The Hall–Kier alpha value is -3.77. The molecule has 268 valence electrons. The van der Waals surface area contributed by atoms with E-state index in [2.05, 4.69) is 25.9 Å². The molecule has 3 aromatic rings. The molecule has 0 bridgehead atoms. The summed E-state index contributed by atoms with van der Waals surface area (Å²) in [6.45, 7) is 13.0. The Kier molecular flexibility index (Phi) is 9.43. The van der Waals surface area contributed by atoms with Gasteiger partial charge in [0, 0.05) is 29.7 Å². The molecule has 6 rings (SSSR count). The molecule has 2 aromatic carbocycles. The normalized spacial score (nSPS) is 23.4. The van der Waals surface area contributed by atoms with Crippen LogP contribution in [-0.2, 0) is 33.4 Å². The summed E-state index contributed by atoms with van der Waals surface area (Å²) in [5.41, 5.74) is 2.56. The average Bonchev–Trinajstić information content (AvgIpc) is 3.47. The number of carbonyl (C=O) groups excluding carboxylic acids is 2. The minimum absolute atomic E-state index is 0.0304. The van der Waals surface area contributed by atoms with Crippen LogP contribution in [0.25, 0.3) is 5.76 Å². The number of hydrogen-bond donors (Lipinski definition) is 1. The average molecular weight is 703 g/mol. The number of aromatic nitrogens is 1. The number of rotatable bonds is 10. The third kappa shape index (κ3) is 5.62. The molecule has 0 aliphatic heterocycles. The predicted molar refractivity (Wildman–Crippen MR) is 192 cm³/mol. The summed E-state index contributed by atoms with van der Waals surface area (Å²) < 4.78 is 30.6. The van der Waals surface area contributed by atoms with Gasteiger partial charge in [0.25, 0.3) is 5.88 Å². The molecule has 11 heteroatoms. The summed E-state index contributed by atoms with van der Waals surface area (Å²) in [4.78, 5) is 32.9. The van der Waals surface area contributed by atoms with Crippen molar-refractivity contribution in [3.8, 4) is 11.6 Å². The molecule has 10 nitrogen and oxygen atoms in total. The topological polar surface area (TPSA) is 121 Å². The van der Waals surface area contributed by atoms with Gasteiger partial charge in [-0.05, 0) is 92.2 Å². The SMILES string of the molecule is COCCc1cc(OC)c2c(c1C)C(O)=C1C(=O)[C@]3(O[Si](C)(C)C(C)(C)C)C(=O)c4c(OCc5ccccc5)noc4[C@@H](N(C)C)[C@@H]3C[C@@H]1C2. The number of methoxy groups -OCH3 is 2. The van der Waals surface area contributed by atoms with Crippen LogP contribution in [-0.4, -0.2) is 75.6 Å². The van der Waals surface area contributed by atoms with E-state index in [1.54, 1.807) is 14.2 Å². The summed E-state index contributed by atoms with van der Waals surface area (Å²) in [6.07, 6.45) is 1.46. The first-order valence-corrected chi connectivity index (χ1v) is 20.2. The number of fused-ring (bicyclic) bond motifs is 4. The second-order valence-electron chi connectivity index (χ2n) is 15.6. The van der Waals surface area contributed by atoms with Crippen LogP contribution < -0.4 is 9.47 Å². The largest absolute Gasteiger partial charge is 0.507 e. The lowest BCUT2D eigenvalue weighted by Gasteiger charge is -2.55. The second-order valence-corrected chi connectivity index (χ2v) is 20.4. The Bertz CT molecular complexity index is 1840. The first kappa shape index (κ1) is 36.0. The van der Waals surface area contributed by atoms with E-state index in [1.807, 2.05) is 75.4 Å². The zero-order valence-electron chi connectivity index (χ0n) is 30.9. The maximum absolute atomic E-state index is 15.6. The molecule has 3 aliphatic rings. The van der Waals surface area contributed by atoms with Crippen molar-refractivity contribution in [1.82, 2.24) is 10.1 Å². The lowest BCUT2D eigenvalue weighted by atomic mass is 9.57. The van der Waals surface area contributed by atoms with Crippen LogP contribution >= 0.6 is 0 Å². The Balaban J connectivity index is 1.57. The summed E-state index contributed by atoms with van der Waals surface area (Å²) in [7, 11) is 4.25. The highest BCUT2D eigenvalue weighted by Gasteiger charge is 2.68. The van der Waals surface area contributed by atoms with E-state index >= 15 is 9.59 Å². The Morgan fingerprint density at radius 3 is 2.40 bits per heavy atom. The molecule has 0 radical (unpaired) electrons. The van der Waals surface area contributed by atoms with Gasteiger partial charge in [0.15, 0.2) is 19.7 Å². The smallest absolute Gasteiger partial charge is 0.265 e. The van der Waals surface area contributed by atoms with Crippen LogP contribution in [0.15, 0.2) is 46.5 Å². The highest BCUT2D eigenvalue weighted by atomic mass is 28.4. The van der Waals surface area contributed by atoms with E-state index in [0.29, 0.717) is 42.9 Å². The fraction of sp³-hybridized carbons (Fsp3) is 0.513. The summed E-state index contributed by atoms with van der Waals surface area (Å²) in [5, 5.41) is 16.2. The number of nitrogens with zero attached hydrogens (tertiary/aromatic N) is 2. The molecule has 0 spiro atoms. The van der Waals surface area contributed by atoms with Crippen molar-refractivity contribution >= 4 is 25.6 Å². The van der Waals surface area contributed by atoms with E-state index < -0.39 is 37.4 Å². The molecule has 4 atom stereocenters. The fourth-order valence-electron chi connectivity index (χ4n) is 7.88. The van der Waals surface area contributed by atoms with Gasteiger partial charge in [-0.3, -0.25) is 14.5 Å². The monoisotopic (exact) mass is 702 g/mol. The molecule has 1 fully saturated rings.